The van der Waals surface area contributed by atoms with Crippen molar-refractivity contribution in [2.45, 2.75) is 32.4 Å². The highest BCUT2D eigenvalue weighted by Gasteiger charge is 2.32. The van der Waals surface area contributed by atoms with Gasteiger partial charge in [-0.1, -0.05) is 43.3 Å². The Morgan fingerprint density at radius 3 is 2.48 bits per heavy atom. The summed E-state index contributed by atoms with van der Waals surface area (Å²) in [6, 6.07) is 22.7. The zero-order valence-corrected chi connectivity index (χ0v) is 26.0. The first kappa shape index (κ1) is 32.2. The molecule has 0 saturated heterocycles. The molecule has 1 aliphatic rings. The summed E-state index contributed by atoms with van der Waals surface area (Å²) in [6.45, 7) is 3.96. The fourth-order valence-corrected chi connectivity index (χ4v) is 5.45. The zero-order chi connectivity index (χ0) is 32.8. The minimum absolute atomic E-state index is 0.0134. The lowest BCUT2D eigenvalue weighted by Crippen LogP contribution is -2.48. The van der Waals surface area contributed by atoms with E-state index in [9.17, 15) is 23.9 Å². The van der Waals surface area contributed by atoms with E-state index in [0.717, 1.165) is 10.8 Å². The third-order valence-corrected chi connectivity index (χ3v) is 8.11. The Labute approximate surface area is 267 Å². The van der Waals surface area contributed by atoms with Crippen LogP contribution in [0.25, 0.3) is 10.8 Å². The van der Waals surface area contributed by atoms with Gasteiger partial charge in [-0.25, -0.2) is 14.0 Å². The number of carbonyl (C=O) groups excluding carboxylic acids is 3. The predicted molar refractivity (Wildman–Crippen MR) is 177 cm³/mol. The molecule has 0 saturated carbocycles. The molecule has 5 amide bonds. The van der Waals surface area contributed by atoms with Gasteiger partial charge in [-0.2, -0.15) is 0 Å². The molecule has 240 valence electrons. The number of anilines is 3. The van der Waals surface area contributed by atoms with E-state index < -0.39 is 30.0 Å². The van der Waals surface area contributed by atoms with Crippen LogP contribution in [0.3, 0.4) is 0 Å². The highest BCUT2D eigenvalue weighted by atomic mass is 19.1. The highest BCUT2D eigenvalue weighted by Crippen LogP contribution is 2.30. The summed E-state index contributed by atoms with van der Waals surface area (Å²) in [6.07, 6.45) is -0.545. The molecular weight excluding hydrogens is 589 g/mol. The van der Waals surface area contributed by atoms with Gasteiger partial charge in [-0.05, 0) is 60.8 Å². The van der Waals surface area contributed by atoms with Crippen LogP contribution in [0, 0.1) is 11.7 Å². The number of hydrogen-bond donors (Lipinski definition) is 4. The van der Waals surface area contributed by atoms with Gasteiger partial charge in [-0.15, -0.1) is 0 Å². The third kappa shape index (κ3) is 7.73. The monoisotopic (exact) mass is 627 g/mol. The van der Waals surface area contributed by atoms with Crippen molar-refractivity contribution in [2.24, 2.45) is 5.92 Å². The van der Waals surface area contributed by atoms with Gasteiger partial charge in [0.2, 0.25) is 5.91 Å². The van der Waals surface area contributed by atoms with Crippen molar-refractivity contribution in [2.75, 3.05) is 42.7 Å². The third-order valence-electron chi connectivity index (χ3n) is 8.11. The van der Waals surface area contributed by atoms with E-state index in [1.165, 1.54) is 29.2 Å². The van der Waals surface area contributed by atoms with Crippen molar-refractivity contribution in [1.82, 2.24) is 9.80 Å². The van der Waals surface area contributed by atoms with Gasteiger partial charge in [-0.3, -0.25) is 4.79 Å². The van der Waals surface area contributed by atoms with Gasteiger partial charge in [0.25, 0.3) is 0 Å². The molecule has 46 heavy (non-hydrogen) atoms. The molecule has 0 aliphatic carbocycles. The lowest BCUT2D eigenvalue weighted by molar-refractivity contribution is -0.134. The number of carbonyl (C=O) groups is 3. The largest absolute Gasteiger partial charge is 0.488 e. The molecule has 0 spiro atoms. The smallest absolute Gasteiger partial charge is 0.323 e. The SMILES string of the molecule is C[C@@H]1CN([C@@H](C)CO)C(=O)Cc2cc(NC(=O)Nc3cccc4ccccc34)ccc2O[C@@H]1CN(C)C(=O)Nc1ccc(F)cc1. The van der Waals surface area contributed by atoms with Crippen molar-refractivity contribution in [1.29, 1.82) is 0 Å². The van der Waals surface area contributed by atoms with Crippen LogP contribution < -0.4 is 20.7 Å². The zero-order valence-electron chi connectivity index (χ0n) is 26.0. The van der Waals surface area contributed by atoms with E-state index in [1.54, 1.807) is 37.1 Å². The second-order valence-corrected chi connectivity index (χ2v) is 11.6. The molecule has 0 unspecified atom stereocenters. The Morgan fingerprint density at radius 1 is 1.00 bits per heavy atom. The van der Waals surface area contributed by atoms with Crippen LogP contribution in [0.5, 0.6) is 5.75 Å². The highest BCUT2D eigenvalue weighted by molar-refractivity contribution is 6.06. The van der Waals surface area contributed by atoms with Crippen LogP contribution in [0.2, 0.25) is 0 Å². The molecule has 0 radical (unpaired) electrons. The number of halogens is 1. The average Bonchev–Trinajstić information content (AvgIpc) is 3.09. The Bertz CT molecular complexity index is 1710. The molecule has 3 atom stereocenters. The number of aliphatic hydroxyl groups excluding tert-OH is 1. The summed E-state index contributed by atoms with van der Waals surface area (Å²) in [5, 5.41) is 20.3. The van der Waals surface area contributed by atoms with E-state index in [-0.39, 0.29) is 31.4 Å². The minimum Gasteiger partial charge on any atom is -0.488 e. The number of amides is 5. The van der Waals surface area contributed by atoms with Crippen LogP contribution >= 0.6 is 0 Å². The van der Waals surface area contributed by atoms with Gasteiger partial charge < -0.3 is 35.6 Å². The molecule has 0 bridgehead atoms. The topological polar surface area (TPSA) is 123 Å². The molecule has 4 N–H and O–H groups in total. The van der Waals surface area contributed by atoms with E-state index >= 15 is 0 Å². The number of urea groups is 2. The van der Waals surface area contributed by atoms with E-state index in [1.807, 2.05) is 49.4 Å². The van der Waals surface area contributed by atoms with E-state index in [0.29, 0.717) is 34.9 Å². The number of aliphatic hydroxyl groups is 1. The molecule has 5 rings (SSSR count). The van der Waals surface area contributed by atoms with Crippen LogP contribution in [-0.4, -0.2) is 71.8 Å². The Morgan fingerprint density at radius 2 is 1.72 bits per heavy atom. The molecule has 0 aromatic heterocycles. The van der Waals surface area contributed by atoms with Gasteiger partial charge in [0.15, 0.2) is 0 Å². The molecule has 1 aliphatic heterocycles. The van der Waals surface area contributed by atoms with Gasteiger partial charge in [0, 0.05) is 41.8 Å². The van der Waals surface area contributed by atoms with Crippen molar-refractivity contribution >= 4 is 45.8 Å². The molecule has 0 fully saturated rings. The lowest BCUT2D eigenvalue weighted by Gasteiger charge is -2.34. The van der Waals surface area contributed by atoms with Gasteiger partial charge in [0.05, 0.1) is 31.3 Å². The maximum Gasteiger partial charge on any atom is 0.323 e. The molecule has 1 heterocycles. The van der Waals surface area contributed by atoms with Crippen molar-refractivity contribution in [3.8, 4) is 5.75 Å². The van der Waals surface area contributed by atoms with Crippen LogP contribution in [-0.2, 0) is 11.2 Å². The number of fused-ring (bicyclic) bond motifs is 2. The van der Waals surface area contributed by atoms with Crippen molar-refractivity contribution < 1.29 is 28.6 Å². The van der Waals surface area contributed by atoms with E-state index in [2.05, 4.69) is 16.0 Å². The molecular formula is C35H38FN5O5. The van der Waals surface area contributed by atoms with Crippen LogP contribution in [0.4, 0.5) is 31.0 Å². The minimum atomic E-state index is -0.532. The summed E-state index contributed by atoms with van der Waals surface area (Å²) in [7, 11) is 1.63. The summed E-state index contributed by atoms with van der Waals surface area (Å²) < 4.78 is 19.8. The van der Waals surface area contributed by atoms with Gasteiger partial charge >= 0.3 is 12.1 Å². The first-order chi connectivity index (χ1) is 22.1. The number of rotatable bonds is 7. The maximum absolute atomic E-state index is 13.6. The van der Waals surface area contributed by atoms with Crippen molar-refractivity contribution in [3.05, 3.63) is 96.3 Å². The fraction of sp³-hybridized carbons (Fsp3) is 0.286. The predicted octanol–water partition coefficient (Wildman–Crippen LogP) is 5.94. The van der Waals surface area contributed by atoms with Gasteiger partial charge in [0.1, 0.15) is 17.7 Å². The fourth-order valence-electron chi connectivity index (χ4n) is 5.45. The standard InChI is InChI=1S/C35H38FN5O5/c1-22-19-41(23(2)21-42)33(43)18-25-17-28(37-34(44)39-30-10-6-8-24-7-4-5-9-29(24)30)15-16-31(25)46-32(22)20-40(3)35(45)38-27-13-11-26(36)12-14-27/h4-17,22-23,32,42H,18-21H2,1-3H3,(H,38,45)(H2,37,39,44)/t22-,23+,32-/m1/s1. The summed E-state index contributed by atoms with van der Waals surface area (Å²) in [5.41, 5.74) is 2.13. The van der Waals surface area contributed by atoms with Crippen LogP contribution in [0.15, 0.2) is 84.9 Å². The number of nitrogens with one attached hydrogen (secondary N) is 3. The Hall–Kier alpha value is -5.16. The lowest BCUT2D eigenvalue weighted by atomic mass is 10.0. The Kier molecular flexibility index (Phi) is 10.0. The summed E-state index contributed by atoms with van der Waals surface area (Å²) in [5.74, 6) is -0.373. The normalized spacial score (nSPS) is 17.1. The van der Waals surface area contributed by atoms with Crippen LogP contribution in [0.1, 0.15) is 19.4 Å². The number of nitrogens with zero attached hydrogens (tertiary/aromatic N) is 2. The number of hydrogen-bond acceptors (Lipinski definition) is 5. The summed E-state index contributed by atoms with van der Waals surface area (Å²) in [4.78, 5) is 42.7. The second-order valence-electron chi connectivity index (χ2n) is 11.6. The first-order valence-electron chi connectivity index (χ1n) is 15.1. The molecule has 10 nitrogen and oxygen atoms in total. The quantitative estimate of drug-likeness (QED) is 0.202. The average molecular weight is 628 g/mol. The van der Waals surface area contributed by atoms with E-state index in [4.69, 9.17) is 4.74 Å². The molecule has 4 aromatic carbocycles. The number of benzene rings is 4. The number of ether oxygens (including phenoxy) is 1. The number of likely N-dealkylation sites (N-methyl/N-ethyl adjacent to an activating group) is 1. The molecule has 4 aromatic rings. The summed E-state index contributed by atoms with van der Waals surface area (Å²) >= 11 is 0. The Balaban J connectivity index is 1.36. The first-order valence-corrected chi connectivity index (χ1v) is 15.1. The molecule has 11 heteroatoms. The van der Waals surface area contributed by atoms with Crippen molar-refractivity contribution in [3.63, 3.8) is 0 Å². The second kappa shape index (κ2) is 14.3. The maximum atomic E-state index is 13.6.